The molecule has 10 heteroatoms. The molecule has 170 valence electrons. The number of aliphatic hydroxyl groups excluding tert-OH is 1. The van der Waals surface area contributed by atoms with Crippen molar-refractivity contribution in [2.45, 2.75) is 13.0 Å². The Labute approximate surface area is 183 Å². The number of ether oxygens (including phenoxy) is 1. The van der Waals surface area contributed by atoms with Gasteiger partial charge in [0.25, 0.3) is 11.5 Å². The summed E-state index contributed by atoms with van der Waals surface area (Å²) in [7, 11) is 0. The lowest BCUT2D eigenvalue weighted by Gasteiger charge is -2.15. The summed E-state index contributed by atoms with van der Waals surface area (Å²) in [4.78, 5) is 29.9. The lowest BCUT2D eigenvalue weighted by molar-refractivity contribution is 0.0835. The zero-order chi connectivity index (χ0) is 23.1. The summed E-state index contributed by atoms with van der Waals surface area (Å²) in [6.45, 7) is 0.483. The average molecular weight is 444 g/mol. The van der Waals surface area contributed by atoms with E-state index in [0.717, 1.165) is 11.1 Å². The van der Waals surface area contributed by atoms with E-state index >= 15 is 0 Å². The first-order valence-corrected chi connectivity index (χ1v) is 10.1. The van der Waals surface area contributed by atoms with Crippen LogP contribution in [0.3, 0.4) is 0 Å². The van der Waals surface area contributed by atoms with E-state index in [1.54, 1.807) is 18.2 Å². The highest BCUT2D eigenvalue weighted by molar-refractivity contribution is 6.01. The number of pyridine rings is 2. The molecule has 0 saturated heterocycles. The van der Waals surface area contributed by atoms with Gasteiger partial charge in [-0.2, -0.15) is 0 Å². The number of amides is 1. The lowest BCUT2D eigenvalue weighted by atomic mass is 10.1. The van der Waals surface area contributed by atoms with Gasteiger partial charge in [-0.25, -0.2) is 4.39 Å². The number of nitrogens with two attached hydrogens (primary N) is 1. The van der Waals surface area contributed by atoms with Crippen molar-refractivity contribution in [3.8, 4) is 5.75 Å². The summed E-state index contributed by atoms with van der Waals surface area (Å²) in [5, 5.41) is 21.9. The lowest BCUT2D eigenvalue weighted by Crippen LogP contribution is -2.36. The first-order valence-electron chi connectivity index (χ1n) is 10.1. The molecule has 0 fully saturated rings. The van der Waals surface area contributed by atoms with Gasteiger partial charge in [0.05, 0.1) is 25.3 Å². The van der Waals surface area contributed by atoms with Crippen molar-refractivity contribution in [2.75, 3.05) is 32.9 Å². The van der Waals surface area contributed by atoms with Crippen molar-refractivity contribution < 1.29 is 24.1 Å². The molecular formula is C22H25FN4O5. The molecule has 0 bridgehead atoms. The Morgan fingerprint density at radius 1 is 1.22 bits per heavy atom. The monoisotopic (exact) mass is 444 g/mol. The number of carbonyl (C=O) groups excluding carboxylic acids is 1. The van der Waals surface area contributed by atoms with Crippen molar-refractivity contribution in [3.63, 3.8) is 0 Å². The van der Waals surface area contributed by atoms with Crippen LogP contribution in [0.15, 0.2) is 41.3 Å². The van der Waals surface area contributed by atoms with Crippen molar-refractivity contribution in [2.24, 2.45) is 5.73 Å². The smallest absolute Gasteiger partial charge is 0.267 e. The van der Waals surface area contributed by atoms with Crippen molar-refractivity contribution in [3.05, 3.63) is 69.4 Å². The van der Waals surface area contributed by atoms with Gasteiger partial charge in [-0.15, -0.1) is 0 Å². The SMILES string of the molecule is NCCn1c(=O)c(C(=O)NCCOCCO)c(O)c2ncc(Cc3ccc(F)cc3)cc21. The first kappa shape index (κ1) is 23.3. The van der Waals surface area contributed by atoms with E-state index in [9.17, 15) is 19.1 Å². The molecule has 0 aliphatic heterocycles. The van der Waals surface area contributed by atoms with Crippen LogP contribution in [0.25, 0.3) is 11.0 Å². The number of hydrogen-bond acceptors (Lipinski definition) is 7. The zero-order valence-electron chi connectivity index (χ0n) is 17.4. The van der Waals surface area contributed by atoms with E-state index in [0.29, 0.717) is 11.9 Å². The van der Waals surface area contributed by atoms with Crippen LogP contribution in [0.5, 0.6) is 5.75 Å². The Kier molecular flexibility index (Phi) is 7.87. The predicted octanol–water partition coefficient (Wildman–Crippen LogP) is 0.529. The minimum absolute atomic E-state index is 0.0939. The molecule has 0 spiro atoms. The second-order valence-electron chi connectivity index (χ2n) is 7.08. The molecule has 9 nitrogen and oxygen atoms in total. The van der Waals surface area contributed by atoms with Gasteiger partial charge < -0.3 is 30.6 Å². The van der Waals surface area contributed by atoms with Gasteiger partial charge in [0.2, 0.25) is 0 Å². The molecule has 1 amide bonds. The van der Waals surface area contributed by atoms with E-state index in [2.05, 4.69) is 10.3 Å². The second kappa shape index (κ2) is 10.8. The molecule has 0 unspecified atom stereocenters. The molecule has 3 rings (SSSR count). The summed E-state index contributed by atoms with van der Waals surface area (Å²) in [6.07, 6.45) is 1.98. The zero-order valence-corrected chi connectivity index (χ0v) is 17.4. The van der Waals surface area contributed by atoms with Crippen LogP contribution in [0.4, 0.5) is 4.39 Å². The Morgan fingerprint density at radius 3 is 2.66 bits per heavy atom. The molecule has 0 saturated carbocycles. The van der Waals surface area contributed by atoms with Gasteiger partial charge in [-0.3, -0.25) is 14.6 Å². The molecule has 0 aliphatic rings. The minimum atomic E-state index is -0.759. The number of fused-ring (bicyclic) bond motifs is 1. The van der Waals surface area contributed by atoms with Crippen LogP contribution in [-0.4, -0.2) is 58.6 Å². The van der Waals surface area contributed by atoms with E-state index in [1.165, 1.54) is 22.9 Å². The Hall–Kier alpha value is -3.34. The van der Waals surface area contributed by atoms with E-state index in [-0.39, 0.29) is 50.8 Å². The number of halogens is 1. The summed E-state index contributed by atoms with van der Waals surface area (Å²) in [6, 6.07) is 7.73. The fourth-order valence-corrected chi connectivity index (χ4v) is 3.33. The van der Waals surface area contributed by atoms with Crippen LogP contribution in [0, 0.1) is 5.82 Å². The molecule has 2 aromatic heterocycles. The number of rotatable bonds is 10. The maximum absolute atomic E-state index is 13.2. The third kappa shape index (κ3) is 5.28. The van der Waals surface area contributed by atoms with E-state index in [4.69, 9.17) is 15.6 Å². The van der Waals surface area contributed by atoms with Crippen LogP contribution in [0.2, 0.25) is 0 Å². The first-order chi connectivity index (χ1) is 15.5. The number of aromatic nitrogens is 2. The van der Waals surface area contributed by atoms with Crippen LogP contribution < -0.4 is 16.6 Å². The maximum atomic E-state index is 13.2. The number of nitrogens with one attached hydrogen (secondary N) is 1. The fourth-order valence-electron chi connectivity index (χ4n) is 3.33. The van der Waals surface area contributed by atoms with Crippen molar-refractivity contribution in [1.29, 1.82) is 0 Å². The molecule has 0 aliphatic carbocycles. The number of carbonyl (C=O) groups is 1. The minimum Gasteiger partial charge on any atom is -0.505 e. The largest absolute Gasteiger partial charge is 0.505 e. The van der Waals surface area contributed by atoms with Crippen LogP contribution >= 0.6 is 0 Å². The third-order valence-electron chi connectivity index (χ3n) is 4.80. The quantitative estimate of drug-likeness (QED) is 0.335. The normalized spacial score (nSPS) is 11.1. The Bertz CT molecular complexity index is 1150. The maximum Gasteiger partial charge on any atom is 0.267 e. The van der Waals surface area contributed by atoms with Crippen LogP contribution in [-0.2, 0) is 17.7 Å². The number of benzene rings is 1. The Morgan fingerprint density at radius 2 is 1.97 bits per heavy atom. The van der Waals surface area contributed by atoms with Crippen LogP contribution in [0.1, 0.15) is 21.5 Å². The van der Waals surface area contributed by atoms with Gasteiger partial charge in [0, 0.05) is 25.8 Å². The van der Waals surface area contributed by atoms with Crippen molar-refractivity contribution in [1.82, 2.24) is 14.9 Å². The Balaban J connectivity index is 1.96. The van der Waals surface area contributed by atoms with Gasteiger partial charge >= 0.3 is 0 Å². The molecule has 5 N–H and O–H groups in total. The summed E-state index contributed by atoms with van der Waals surface area (Å²) in [5.74, 6) is -1.61. The summed E-state index contributed by atoms with van der Waals surface area (Å²) < 4.78 is 19.5. The second-order valence-corrected chi connectivity index (χ2v) is 7.08. The van der Waals surface area contributed by atoms with E-state index in [1.807, 2.05) is 0 Å². The van der Waals surface area contributed by atoms with Gasteiger partial charge in [-0.05, 0) is 35.7 Å². The van der Waals surface area contributed by atoms with Gasteiger partial charge in [0.1, 0.15) is 16.9 Å². The fraction of sp³-hybridized carbons (Fsp3) is 0.318. The number of hydrogen-bond donors (Lipinski definition) is 4. The predicted molar refractivity (Wildman–Crippen MR) is 116 cm³/mol. The molecular weight excluding hydrogens is 419 g/mol. The molecule has 0 radical (unpaired) electrons. The third-order valence-corrected chi connectivity index (χ3v) is 4.80. The van der Waals surface area contributed by atoms with Gasteiger partial charge in [-0.1, -0.05) is 12.1 Å². The highest BCUT2D eigenvalue weighted by Gasteiger charge is 2.23. The molecule has 3 aromatic rings. The topological polar surface area (TPSA) is 140 Å². The highest BCUT2D eigenvalue weighted by atomic mass is 19.1. The standard InChI is InChI=1S/C22H25FN4O5/c23-16-3-1-14(2-4-16)11-15-12-17-19(26-13-15)20(29)18(22(31)27(17)7-5-24)21(30)25-6-9-32-10-8-28/h1-4,12-13,28-29H,5-11,24H2,(H,25,30). The molecule has 2 heterocycles. The summed E-state index contributed by atoms with van der Waals surface area (Å²) >= 11 is 0. The summed E-state index contributed by atoms with van der Waals surface area (Å²) in [5.41, 5.74) is 6.60. The average Bonchev–Trinajstić information content (AvgIpc) is 2.78. The van der Waals surface area contributed by atoms with Crippen molar-refractivity contribution >= 4 is 16.9 Å². The number of aliphatic hydroxyl groups is 1. The number of aromatic hydroxyl groups is 1. The van der Waals surface area contributed by atoms with E-state index < -0.39 is 22.8 Å². The molecule has 1 aromatic carbocycles. The molecule has 32 heavy (non-hydrogen) atoms. The highest BCUT2D eigenvalue weighted by Crippen LogP contribution is 2.26. The molecule has 0 atom stereocenters. The van der Waals surface area contributed by atoms with Gasteiger partial charge in [0.15, 0.2) is 5.75 Å². The number of nitrogens with zero attached hydrogens (tertiary/aromatic N) is 2.